The van der Waals surface area contributed by atoms with Crippen molar-refractivity contribution in [3.8, 4) is 0 Å². The highest BCUT2D eigenvalue weighted by molar-refractivity contribution is 5.97. The van der Waals surface area contributed by atoms with Crippen LogP contribution < -0.4 is 0 Å². The van der Waals surface area contributed by atoms with Gasteiger partial charge in [0.15, 0.2) is 5.78 Å². The zero-order valence-corrected chi connectivity index (χ0v) is 10.3. The summed E-state index contributed by atoms with van der Waals surface area (Å²) < 4.78 is 12.7. The highest BCUT2D eigenvalue weighted by Gasteiger charge is 2.27. The molecule has 0 spiro atoms. The molecule has 0 bridgehead atoms. The zero-order chi connectivity index (χ0) is 12.4. The van der Waals surface area contributed by atoms with E-state index in [1.165, 1.54) is 12.1 Å². The Bertz CT molecular complexity index is 401. The average Bonchev–Trinajstić information content (AvgIpc) is 2.58. The van der Waals surface area contributed by atoms with Gasteiger partial charge in [0.2, 0.25) is 0 Å². The molecule has 1 fully saturated rings. The van der Waals surface area contributed by atoms with Crippen molar-refractivity contribution in [1.29, 1.82) is 0 Å². The molecule has 0 saturated carbocycles. The van der Waals surface area contributed by atoms with Crippen LogP contribution in [0.4, 0.5) is 4.39 Å². The molecule has 2 atom stereocenters. The normalized spacial score (nSPS) is 25.1. The van der Waals surface area contributed by atoms with Crippen LogP contribution >= 0.6 is 0 Å². The number of likely N-dealkylation sites (tertiary alicyclic amines) is 1. The molecule has 0 N–H and O–H groups in total. The van der Waals surface area contributed by atoms with Crippen molar-refractivity contribution in [3.63, 3.8) is 0 Å². The van der Waals surface area contributed by atoms with E-state index in [-0.39, 0.29) is 11.6 Å². The van der Waals surface area contributed by atoms with E-state index >= 15 is 0 Å². The summed E-state index contributed by atoms with van der Waals surface area (Å²) in [6.45, 7) is 5.78. The SMILES string of the molecule is CC1CC(C)N(CC(=O)c2ccc(F)cc2)C1. The molecule has 1 saturated heterocycles. The number of carbonyl (C=O) groups is 1. The smallest absolute Gasteiger partial charge is 0.176 e. The molecule has 3 heteroatoms. The molecule has 0 aromatic heterocycles. The van der Waals surface area contributed by atoms with E-state index in [1.54, 1.807) is 12.1 Å². The molecule has 92 valence electrons. The summed E-state index contributed by atoms with van der Waals surface area (Å²) in [5.41, 5.74) is 0.596. The van der Waals surface area contributed by atoms with Gasteiger partial charge in [-0.25, -0.2) is 4.39 Å². The topological polar surface area (TPSA) is 20.3 Å². The Balaban J connectivity index is 2.00. The molecule has 1 aromatic rings. The summed E-state index contributed by atoms with van der Waals surface area (Å²) in [6.07, 6.45) is 1.15. The van der Waals surface area contributed by atoms with E-state index in [0.29, 0.717) is 24.1 Å². The van der Waals surface area contributed by atoms with Crippen molar-refractivity contribution < 1.29 is 9.18 Å². The Morgan fingerprint density at radius 2 is 2.00 bits per heavy atom. The van der Waals surface area contributed by atoms with Gasteiger partial charge in [-0.05, 0) is 43.5 Å². The van der Waals surface area contributed by atoms with Crippen molar-refractivity contribution in [1.82, 2.24) is 4.90 Å². The van der Waals surface area contributed by atoms with Crippen LogP contribution in [0.3, 0.4) is 0 Å². The van der Waals surface area contributed by atoms with E-state index in [1.807, 2.05) is 0 Å². The van der Waals surface area contributed by atoms with Crippen LogP contribution in [-0.2, 0) is 0 Å². The summed E-state index contributed by atoms with van der Waals surface area (Å²) in [5, 5.41) is 0. The largest absolute Gasteiger partial charge is 0.293 e. The Kier molecular flexibility index (Phi) is 3.57. The van der Waals surface area contributed by atoms with E-state index < -0.39 is 0 Å². The minimum absolute atomic E-state index is 0.0750. The second-order valence-electron chi connectivity index (χ2n) is 5.05. The highest BCUT2D eigenvalue weighted by Crippen LogP contribution is 2.22. The number of ketones is 1. The molecule has 17 heavy (non-hydrogen) atoms. The maximum atomic E-state index is 12.7. The van der Waals surface area contributed by atoms with Crippen molar-refractivity contribution >= 4 is 5.78 Å². The summed E-state index contributed by atoms with van der Waals surface area (Å²) in [4.78, 5) is 14.2. The van der Waals surface area contributed by atoms with Gasteiger partial charge in [0.25, 0.3) is 0 Å². The predicted octanol–water partition coefficient (Wildman–Crippen LogP) is 2.74. The third-order valence-electron chi connectivity index (χ3n) is 3.43. The van der Waals surface area contributed by atoms with Gasteiger partial charge in [-0.15, -0.1) is 0 Å². The van der Waals surface area contributed by atoms with Gasteiger partial charge in [0, 0.05) is 18.2 Å². The van der Waals surface area contributed by atoms with Gasteiger partial charge < -0.3 is 0 Å². The van der Waals surface area contributed by atoms with Crippen LogP contribution in [-0.4, -0.2) is 29.8 Å². The maximum Gasteiger partial charge on any atom is 0.176 e. The molecule has 0 aliphatic carbocycles. The minimum Gasteiger partial charge on any atom is -0.293 e. The fraction of sp³-hybridized carbons (Fsp3) is 0.500. The molecule has 2 rings (SSSR count). The summed E-state index contributed by atoms with van der Waals surface area (Å²) >= 11 is 0. The number of halogens is 1. The second kappa shape index (κ2) is 4.96. The lowest BCUT2D eigenvalue weighted by Gasteiger charge is -2.19. The predicted molar refractivity (Wildman–Crippen MR) is 65.5 cm³/mol. The van der Waals surface area contributed by atoms with Crippen LogP contribution in [0.25, 0.3) is 0 Å². The monoisotopic (exact) mass is 235 g/mol. The van der Waals surface area contributed by atoms with Gasteiger partial charge >= 0.3 is 0 Å². The van der Waals surface area contributed by atoms with E-state index in [0.717, 1.165) is 13.0 Å². The zero-order valence-electron chi connectivity index (χ0n) is 10.3. The number of rotatable bonds is 3. The van der Waals surface area contributed by atoms with Crippen LogP contribution in [0.2, 0.25) is 0 Å². The molecule has 0 radical (unpaired) electrons. The quantitative estimate of drug-likeness (QED) is 0.751. The standard InChI is InChI=1S/C14H18FNO/c1-10-7-11(2)16(8-10)9-14(17)12-3-5-13(15)6-4-12/h3-6,10-11H,7-9H2,1-2H3. The van der Waals surface area contributed by atoms with E-state index in [2.05, 4.69) is 18.7 Å². The van der Waals surface area contributed by atoms with Crippen LogP contribution in [0.5, 0.6) is 0 Å². The van der Waals surface area contributed by atoms with E-state index in [9.17, 15) is 9.18 Å². The molecule has 2 unspecified atom stereocenters. The number of hydrogen-bond acceptors (Lipinski definition) is 2. The van der Waals surface area contributed by atoms with Gasteiger partial charge in [-0.2, -0.15) is 0 Å². The Hall–Kier alpha value is -1.22. The minimum atomic E-state index is -0.301. The molecule has 2 nitrogen and oxygen atoms in total. The average molecular weight is 235 g/mol. The second-order valence-corrected chi connectivity index (χ2v) is 5.05. The number of hydrogen-bond donors (Lipinski definition) is 0. The first-order valence-electron chi connectivity index (χ1n) is 6.09. The maximum absolute atomic E-state index is 12.7. The number of benzene rings is 1. The van der Waals surface area contributed by atoms with Crippen molar-refractivity contribution in [3.05, 3.63) is 35.6 Å². The Morgan fingerprint density at radius 1 is 1.35 bits per heavy atom. The highest BCUT2D eigenvalue weighted by atomic mass is 19.1. The van der Waals surface area contributed by atoms with Gasteiger partial charge in [-0.1, -0.05) is 6.92 Å². The molecule has 1 aliphatic rings. The van der Waals surface area contributed by atoms with Crippen LogP contribution in [0.1, 0.15) is 30.6 Å². The number of nitrogens with zero attached hydrogens (tertiary/aromatic N) is 1. The molecular formula is C14H18FNO. The van der Waals surface area contributed by atoms with Crippen molar-refractivity contribution in [2.24, 2.45) is 5.92 Å². The fourth-order valence-corrected chi connectivity index (χ4v) is 2.52. The van der Waals surface area contributed by atoms with Crippen LogP contribution in [0, 0.1) is 11.7 Å². The molecule has 1 aromatic carbocycles. The molecule has 1 aliphatic heterocycles. The summed E-state index contributed by atoms with van der Waals surface area (Å²) in [7, 11) is 0. The van der Waals surface area contributed by atoms with E-state index in [4.69, 9.17) is 0 Å². The Labute approximate surface area is 101 Å². The third kappa shape index (κ3) is 2.91. The lowest BCUT2D eigenvalue weighted by atomic mass is 10.1. The molecule has 0 amide bonds. The number of carbonyl (C=O) groups excluding carboxylic acids is 1. The van der Waals surface area contributed by atoms with Gasteiger partial charge in [-0.3, -0.25) is 9.69 Å². The molecule has 1 heterocycles. The first-order chi connectivity index (χ1) is 8.06. The Morgan fingerprint density at radius 3 is 2.53 bits per heavy atom. The first-order valence-corrected chi connectivity index (χ1v) is 6.09. The third-order valence-corrected chi connectivity index (χ3v) is 3.43. The lowest BCUT2D eigenvalue weighted by Crippen LogP contribution is -2.32. The number of Topliss-reactive ketones (excluding diaryl/α,β-unsaturated/α-hetero) is 1. The summed E-state index contributed by atoms with van der Waals surface area (Å²) in [6, 6.07) is 6.25. The van der Waals surface area contributed by atoms with Crippen molar-refractivity contribution in [2.75, 3.05) is 13.1 Å². The van der Waals surface area contributed by atoms with Gasteiger partial charge in [0.1, 0.15) is 5.82 Å². The van der Waals surface area contributed by atoms with Crippen molar-refractivity contribution in [2.45, 2.75) is 26.3 Å². The lowest BCUT2D eigenvalue weighted by molar-refractivity contribution is 0.0925. The fourth-order valence-electron chi connectivity index (χ4n) is 2.52. The summed E-state index contributed by atoms with van der Waals surface area (Å²) in [5.74, 6) is 0.432. The first kappa shape index (κ1) is 12.2. The van der Waals surface area contributed by atoms with Crippen LogP contribution in [0.15, 0.2) is 24.3 Å². The molecular weight excluding hydrogens is 217 g/mol. The van der Waals surface area contributed by atoms with Gasteiger partial charge in [0.05, 0.1) is 6.54 Å².